The maximum Gasteiger partial charge on any atom is 0.254 e. The molecule has 0 aliphatic carbocycles. The van der Waals surface area contributed by atoms with Gasteiger partial charge in [-0.05, 0) is 18.2 Å². The lowest BCUT2D eigenvalue weighted by atomic mass is 10.2. The molecular formula is C12H17Cl2N3O3. The quantitative estimate of drug-likeness (QED) is 0.768. The van der Waals surface area contributed by atoms with Crippen LogP contribution in [0, 0.1) is 0 Å². The molecule has 112 valence electrons. The highest BCUT2D eigenvalue weighted by Crippen LogP contribution is 2.25. The van der Waals surface area contributed by atoms with Gasteiger partial charge in [-0.15, -0.1) is 12.4 Å². The summed E-state index contributed by atoms with van der Waals surface area (Å²) in [6, 6.07) is 4.76. The maximum atomic E-state index is 11.7. The van der Waals surface area contributed by atoms with Gasteiger partial charge in [0.2, 0.25) is 5.91 Å². The standard InChI is InChI=1S/C12H16ClN3O3.ClH/c1-7(17)15-10-4-3-8(5-9(10)13)16-12(18)11(6-14)19-2;/h3-5,11H,6,14H2,1-2H3,(H,15,17)(H,16,18);1H. The van der Waals surface area contributed by atoms with Gasteiger partial charge in [0.1, 0.15) is 6.10 Å². The molecule has 0 fully saturated rings. The van der Waals surface area contributed by atoms with Crippen LogP contribution in [0.15, 0.2) is 18.2 Å². The number of halogens is 2. The molecule has 2 amide bonds. The number of carbonyl (C=O) groups excluding carboxylic acids is 2. The van der Waals surface area contributed by atoms with Gasteiger partial charge in [0.25, 0.3) is 5.91 Å². The zero-order chi connectivity index (χ0) is 14.4. The Morgan fingerprint density at radius 1 is 1.40 bits per heavy atom. The van der Waals surface area contributed by atoms with Crippen LogP contribution < -0.4 is 16.4 Å². The van der Waals surface area contributed by atoms with Crippen LogP contribution >= 0.6 is 24.0 Å². The summed E-state index contributed by atoms with van der Waals surface area (Å²) in [5.74, 6) is -0.574. The number of benzene rings is 1. The molecule has 0 saturated carbocycles. The second kappa shape index (κ2) is 8.76. The van der Waals surface area contributed by atoms with E-state index < -0.39 is 6.10 Å². The van der Waals surface area contributed by atoms with E-state index in [0.717, 1.165) is 0 Å². The molecule has 0 saturated heterocycles. The average Bonchev–Trinajstić information content (AvgIpc) is 2.33. The minimum atomic E-state index is -0.714. The van der Waals surface area contributed by atoms with Crippen LogP contribution in [0.5, 0.6) is 0 Å². The second-order valence-corrected chi connectivity index (χ2v) is 4.23. The number of anilines is 2. The molecule has 4 N–H and O–H groups in total. The lowest BCUT2D eigenvalue weighted by Gasteiger charge is -2.14. The van der Waals surface area contributed by atoms with Crippen molar-refractivity contribution < 1.29 is 14.3 Å². The van der Waals surface area contributed by atoms with Crippen molar-refractivity contribution in [1.82, 2.24) is 0 Å². The van der Waals surface area contributed by atoms with Crippen molar-refractivity contribution in [3.63, 3.8) is 0 Å². The number of carbonyl (C=O) groups is 2. The Morgan fingerprint density at radius 2 is 2.05 bits per heavy atom. The first-order valence-corrected chi connectivity index (χ1v) is 5.96. The van der Waals surface area contributed by atoms with E-state index in [9.17, 15) is 9.59 Å². The summed E-state index contributed by atoms with van der Waals surface area (Å²) in [4.78, 5) is 22.6. The monoisotopic (exact) mass is 321 g/mol. The Hall–Kier alpha value is -1.34. The zero-order valence-corrected chi connectivity index (χ0v) is 12.7. The number of amides is 2. The normalized spacial score (nSPS) is 11.2. The van der Waals surface area contributed by atoms with Crippen molar-refractivity contribution in [3.05, 3.63) is 23.2 Å². The Balaban J connectivity index is 0.00000361. The van der Waals surface area contributed by atoms with E-state index in [1.807, 2.05) is 0 Å². The summed E-state index contributed by atoms with van der Waals surface area (Å²) in [5.41, 5.74) is 6.37. The van der Waals surface area contributed by atoms with E-state index in [4.69, 9.17) is 22.1 Å². The molecule has 1 aromatic rings. The minimum absolute atomic E-state index is 0. The first-order valence-electron chi connectivity index (χ1n) is 5.58. The van der Waals surface area contributed by atoms with Crippen LogP contribution in [0.2, 0.25) is 5.02 Å². The Kier molecular flexibility index (Phi) is 8.17. The number of nitrogens with two attached hydrogens (primary N) is 1. The smallest absolute Gasteiger partial charge is 0.254 e. The summed E-state index contributed by atoms with van der Waals surface area (Å²) >= 11 is 5.98. The van der Waals surface area contributed by atoms with E-state index in [1.165, 1.54) is 20.1 Å². The van der Waals surface area contributed by atoms with E-state index in [0.29, 0.717) is 16.4 Å². The van der Waals surface area contributed by atoms with Crippen molar-refractivity contribution in [2.24, 2.45) is 5.73 Å². The van der Waals surface area contributed by atoms with Gasteiger partial charge >= 0.3 is 0 Å². The van der Waals surface area contributed by atoms with E-state index in [1.54, 1.807) is 12.1 Å². The van der Waals surface area contributed by atoms with Crippen LogP contribution in [0.25, 0.3) is 0 Å². The van der Waals surface area contributed by atoms with Gasteiger partial charge in [-0.25, -0.2) is 0 Å². The van der Waals surface area contributed by atoms with Crippen molar-refractivity contribution in [2.45, 2.75) is 13.0 Å². The summed E-state index contributed by atoms with van der Waals surface area (Å²) < 4.78 is 4.91. The van der Waals surface area contributed by atoms with Crippen LogP contribution in [-0.4, -0.2) is 31.6 Å². The van der Waals surface area contributed by atoms with E-state index >= 15 is 0 Å². The third-order valence-electron chi connectivity index (χ3n) is 2.34. The number of hydrogen-bond donors (Lipinski definition) is 3. The van der Waals surface area contributed by atoms with E-state index in [2.05, 4.69) is 10.6 Å². The predicted molar refractivity (Wildman–Crippen MR) is 81.5 cm³/mol. The molecule has 20 heavy (non-hydrogen) atoms. The molecule has 8 heteroatoms. The first kappa shape index (κ1) is 18.7. The van der Waals surface area contributed by atoms with Gasteiger partial charge in [0.15, 0.2) is 0 Å². The highest BCUT2D eigenvalue weighted by molar-refractivity contribution is 6.34. The SMILES string of the molecule is COC(CN)C(=O)Nc1ccc(NC(C)=O)c(Cl)c1.Cl. The molecule has 0 aromatic heterocycles. The third kappa shape index (κ3) is 5.34. The number of methoxy groups -OCH3 is 1. The van der Waals surface area contributed by atoms with E-state index in [-0.39, 0.29) is 30.8 Å². The highest BCUT2D eigenvalue weighted by Gasteiger charge is 2.16. The van der Waals surface area contributed by atoms with Crippen LogP contribution in [-0.2, 0) is 14.3 Å². The molecule has 1 rings (SSSR count). The summed E-state index contributed by atoms with van der Waals surface area (Å²) in [6.45, 7) is 1.47. The third-order valence-corrected chi connectivity index (χ3v) is 2.65. The lowest BCUT2D eigenvalue weighted by Crippen LogP contribution is -2.35. The molecule has 1 unspecified atom stereocenters. The molecule has 0 aliphatic rings. The van der Waals surface area contributed by atoms with Gasteiger partial charge < -0.3 is 21.1 Å². The molecule has 1 atom stereocenters. The fourth-order valence-electron chi connectivity index (χ4n) is 1.42. The van der Waals surface area contributed by atoms with Crippen LogP contribution in [0.4, 0.5) is 11.4 Å². The molecule has 6 nitrogen and oxygen atoms in total. The fourth-order valence-corrected chi connectivity index (χ4v) is 1.64. The lowest BCUT2D eigenvalue weighted by molar-refractivity contribution is -0.125. The Bertz CT molecular complexity index is 479. The number of rotatable bonds is 5. The van der Waals surface area contributed by atoms with Gasteiger partial charge in [0, 0.05) is 26.3 Å². The Labute approximate surface area is 128 Å². The number of ether oxygens (including phenoxy) is 1. The van der Waals surface area contributed by atoms with Gasteiger partial charge in [-0.3, -0.25) is 9.59 Å². The molecule has 0 aliphatic heterocycles. The van der Waals surface area contributed by atoms with Gasteiger partial charge in [-0.1, -0.05) is 11.6 Å². The zero-order valence-electron chi connectivity index (χ0n) is 11.1. The number of nitrogens with one attached hydrogen (secondary N) is 2. The largest absolute Gasteiger partial charge is 0.370 e. The molecule has 1 aromatic carbocycles. The molecule has 0 heterocycles. The molecule has 0 spiro atoms. The first-order chi connectivity index (χ1) is 8.97. The fraction of sp³-hybridized carbons (Fsp3) is 0.333. The van der Waals surface area contributed by atoms with Crippen molar-refractivity contribution >= 4 is 47.2 Å². The molecular weight excluding hydrogens is 305 g/mol. The Morgan fingerprint density at radius 3 is 2.50 bits per heavy atom. The highest BCUT2D eigenvalue weighted by atomic mass is 35.5. The minimum Gasteiger partial charge on any atom is -0.370 e. The summed E-state index contributed by atoms with van der Waals surface area (Å²) in [7, 11) is 1.41. The average molecular weight is 322 g/mol. The second-order valence-electron chi connectivity index (χ2n) is 3.83. The van der Waals surface area contributed by atoms with Gasteiger partial charge in [-0.2, -0.15) is 0 Å². The van der Waals surface area contributed by atoms with Gasteiger partial charge in [0.05, 0.1) is 10.7 Å². The maximum absolute atomic E-state index is 11.7. The summed E-state index contributed by atoms with van der Waals surface area (Å²) in [6.07, 6.45) is -0.714. The van der Waals surface area contributed by atoms with Crippen LogP contribution in [0.3, 0.4) is 0 Å². The predicted octanol–water partition coefficient (Wildman–Crippen LogP) is 1.63. The summed E-state index contributed by atoms with van der Waals surface area (Å²) in [5, 5.41) is 5.52. The van der Waals surface area contributed by atoms with Crippen molar-refractivity contribution in [1.29, 1.82) is 0 Å². The molecule has 0 bridgehead atoms. The number of hydrogen-bond acceptors (Lipinski definition) is 4. The molecule has 0 radical (unpaired) electrons. The topological polar surface area (TPSA) is 93.4 Å². The van der Waals surface area contributed by atoms with Crippen molar-refractivity contribution in [3.8, 4) is 0 Å². The van der Waals surface area contributed by atoms with Crippen molar-refractivity contribution in [2.75, 3.05) is 24.3 Å². The van der Waals surface area contributed by atoms with Crippen LogP contribution in [0.1, 0.15) is 6.92 Å².